The van der Waals surface area contributed by atoms with E-state index in [9.17, 15) is 4.79 Å². The highest BCUT2D eigenvalue weighted by Crippen LogP contribution is 2.35. The van der Waals surface area contributed by atoms with Gasteiger partial charge >= 0.3 is 0 Å². The van der Waals surface area contributed by atoms with Gasteiger partial charge in [0.25, 0.3) is 5.91 Å². The summed E-state index contributed by atoms with van der Waals surface area (Å²) in [6.07, 6.45) is 9.21. The molecule has 1 saturated heterocycles. The molecule has 1 aromatic heterocycles. The molecule has 0 N–H and O–H groups in total. The number of aromatic nitrogens is 1. The van der Waals surface area contributed by atoms with Gasteiger partial charge in [0.05, 0.1) is 5.56 Å². The van der Waals surface area contributed by atoms with Crippen molar-refractivity contribution in [2.24, 2.45) is 5.92 Å². The number of carbonyl (C=O) groups excluding carboxylic acids is 1. The molecule has 3 rings (SSSR count). The minimum absolute atomic E-state index is 0.164. The molecular formula is C15H19BrN2O. The fraction of sp³-hybridized carbons (Fsp3) is 0.600. The molecule has 1 aliphatic carbocycles. The molecule has 2 fully saturated rings. The lowest BCUT2D eigenvalue weighted by Crippen LogP contribution is -2.49. The number of carbonyl (C=O) groups is 1. The number of hydrogen-bond donors (Lipinski definition) is 0. The van der Waals surface area contributed by atoms with Crippen LogP contribution in [0.3, 0.4) is 0 Å². The Balaban J connectivity index is 1.79. The number of nitrogens with zero attached hydrogens (tertiary/aromatic N) is 2. The number of piperidine rings is 1. The Labute approximate surface area is 122 Å². The van der Waals surface area contributed by atoms with Gasteiger partial charge in [-0.05, 0) is 59.7 Å². The SMILES string of the molecule is O=C(c1ccc(Br)nc1)N1CCC[C@H]2CCCC[C@H]21. The van der Waals surface area contributed by atoms with Crippen LogP contribution >= 0.6 is 15.9 Å². The van der Waals surface area contributed by atoms with Crippen molar-refractivity contribution in [3.8, 4) is 0 Å². The van der Waals surface area contributed by atoms with E-state index in [0.29, 0.717) is 6.04 Å². The minimum atomic E-state index is 0.164. The number of amides is 1. The molecule has 19 heavy (non-hydrogen) atoms. The molecule has 0 aromatic carbocycles. The Morgan fingerprint density at radius 1 is 1.21 bits per heavy atom. The van der Waals surface area contributed by atoms with Gasteiger partial charge < -0.3 is 4.90 Å². The van der Waals surface area contributed by atoms with Crippen LogP contribution in [-0.4, -0.2) is 28.4 Å². The molecule has 0 spiro atoms. The lowest BCUT2D eigenvalue weighted by Gasteiger charge is -2.44. The average molecular weight is 323 g/mol. The fourth-order valence-corrected chi connectivity index (χ4v) is 3.78. The summed E-state index contributed by atoms with van der Waals surface area (Å²) in [4.78, 5) is 18.9. The maximum atomic E-state index is 12.6. The highest BCUT2D eigenvalue weighted by molar-refractivity contribution is 9.10. The van der Waals surface area contributed by atoms with Crippen LogP contribution in [0.15, 0.2) is 22.9 Å². The lowest BCUT2D eigenvalue weighted by atomic mass is 9.78. The van der Waals surface area contributed by atoms with Gasteiger partial charge in [0.2, 0.25) is 0 Å². The van der Waals surface area contributed by atoms with Gasteiger partial charge in [-0.15, -0.1) is 0 Å². The van der Waals surface area contributed by atoms with Gasteiger partial charge in [0.1, 0.15) is 4.60 Å². The van der Waals surface area contributed by atoms with Crippen LogP contribution in [0, 0.1) is 5.92 Å². The molecule has 1 amide bonds. The predicted octanol–water partition coefficient (Wildman–Crippen LogP) is 3.64. The summed E-state index contributed by atoms with van der Waals surface area (Å²) >= 11 is 3.31. The first-order valence-electron chi connectivity index (χ1n) is 7.18. The lowest BCUT2D eigenvalue weighted by molar-refractivity contribution is 0.0390. The van der Waals surface area contributed by atoms with E-state index in [2.05, 4.69) is 25.8 Å². The maximum Gasteiger partial charge on any atom is 0.255 e. The summed E-state index contributed by atoms with van der Waals surface area (Å²) in [6, 6.07) is 4.18. The molecule has 2 atom stereocenters. The average Bonchev–Trinajstić information content (AvgIpc) is 2.47. The summed E-state index contributed by atoms with van der Waals surface area (Å²) < 4.78 is 0.776. The second-order valence-electron chi connectivity index (χ2n) is 5.62. The molecule has 2 aliphatic rings. The maximum absolute atomic E-state index is 12.6. The van der Waals surface area contributed by atoms with Gasteiger partial charge in [0.15, 0.2) is 0 Å². The zero-order chi connectivity index (χ0) is 13.2. The van der Waals surface area contributed by atoms with Crippen molar-refractivity contribution in [3.63, 3.8) is 0 Å². The molecule has 0 unspecified atom stereocenters. The minimum Gasteiger partial charge on any atom is -0.335 e. The summed E-state index contributed by atoms with van der Waals surface area (Å²) in [5.41, 5.74) is 0.717. The van der Waals surface area contributed by atoms with Crippen LogP contribution in [0.25, 0.3) is 0 Å². The van der Waals surface area contributed by atoms with E-state index in [1.54, 1.807) is 6.20 Å². The molecule has 1 saturated carbocycles. The van der Waals surface area contributed by atoms with Gasteiger partial charge in [-0.1, -0.05) is 12.8 Å². The van der Waals surface area contributed by atoms with Crippen molar-refractivity contribution < 1.29 is 4.79 Å². The summed E-state index contributed by atoms with van der Waals surface area (Å²) in [7, 11) is 0. The predicted molar refractivity (Wildman–Crippen MR) is 78.0 cm³/mol. The first-order valence-corrected chi connectivity index (χ1v) is 7.97. The molecule has 102 valence electrons. The van der Waals surface area contributed by atoms with Crippen LogP contribution in [-0.2, 0) is 0 Å². The normalized spacial score (nSPS) is 26.9. The van der Waals surface area contributed by atoms with Crippen LogP contribution < -0.4 is 0 Å². The number of likely N-dealkylation sites (tertiary alicyclic amines) is 1. The van der Waals surface area contributed by atoms with Crippen LogP contribution in [0.5, 0.6) is 0 Å². The second kappa shape index (κ2) is 5.61. The van der Waals surface area contributed by atoms with E-state index in [4.69, 9.17) is 0 Å². The van der Waals surface area contributed by atoms with E-state index < -0.39 is 0 Å². The van der Waals surface area contributed by atoms with Crippen molar-refractivity contribution in [2.45, 2.75) is 44.6 Å². The zero-order valence-corrected chi connectivity index (χ0v) is 12.6. The monoisotopic (exact) mass is 322 g/mol. The standard InChI is InChI=1S/C15H19BrN2O/c16-14-8-7-12(10-17-14)15(19)18-9-3-5-11-4-1-2-6-13(11)18/h7-8,10-11,13H,1-6,9H2/t11-,13-/m1/s1. The third kappa shape index (κ3) is 2.69. The van der Waals surface area contributed by atoms with Crippen molar-refractivity contribution in [1.82, 2.24) is 9.88 Å². The Kier molecular flexibility index (Phi) is 3.87. The van der Waals surface area contributed by atoms with E-state index in [0.717, 1.165) is 29.1 Å². The summed E-state index contributed by atoms with van der Waals surface area (Å²) in [5, 5.41) is 0. The van der Waals surface area contributed by atoms with Gasteiger partial charge in [-0.3, -0.25) is 4.79 Å². The number of fused-ring (bicyclic) bond motifs is 1. The van der Waals surface area contributed by atoms with Crippen molar-refractivity contribution in [1.29, 1.82) is 0 Å². The third-order valence-corrected chi connectivity index (χ3v) is 4.95. The van der Waals surface area contributed by atoms with Gasteiger partial charge in [0, 0.05) is 18.8 Å². The molecule has 2 heterocycles. The molecule has 4 heteroatoms. The highest BCUT2D eigenvalue weighted by Gasteiger charge is 2.35. The Morgan fingerprint density at radius 2 is 2.00 bits per heavy atom. The van der Waals surface area contributed by atoms with E-state index in [1.807, 2.05) is 12.1 Å². The zero-order valence-electron chi connectivity index (χ0n) is 11.0. The fourth-order valence-electron chi connectivity index (χ4n) is 3.55. The Bertz CT molecular complexity index is 458. The second-order valence-corrected chi connectivity index (χ2v) is 6.43. The number of hydrogen-bond acceptors (Lipinski definition) is 2. The van der Waals surface area contributed by atoms with Crippen molar-refractivity contribution in [2.75, 3.05) is 6.54 Å². The van der Waals surface area contributed by atoms with Crippen LogP contribution in [0.1, 0.15) is 48.9 Å². The number of rotatable bonds is 1. The van der Waals surface area contributed by atoms with E-state index >= 15 is 0 Å². The number of halogens is 1. The summed E-state index contributed by atoms with van der Waals surface area (Å²) in [6.45, 7) is 0.913. The molecule has 1 aliphatic heterocycles. The van der Waals surface area contributed by atoms with Crippen LogP contribution in [0.2, 0.25) is 0 Å². The smallest absolute Gasteiger partial charge is 0.255 e. The number of pyridine rings is 1. The van der Waals surface area contributed by atoms with Gasteiger partial charge in [-0.25, -0.2) is 4.98 Å². The first-order chi connectivity index (χ1) is 9.25. The Hall–Kier alpha value is -0.900. The quantitative estimate of drug-likeness (QED) is 0.739. The van der Waals surface area contributed by atoms with Crippen molar-refractivity contribution in [3.05, 3.63) is 28.5 Å². The molecule has 0 radical (unpaired) electrons. The third-order valence-electron chi connectivity index (χ3n) is 4.48. The first kappa shape index (κ1) is 13.1. The molecule has 0 bridgehead atoms. The Morgan fingerprint density at radius 3 is 2.79 bits per heavy atom. The highest BCUT2D eigenvalue weighted by atomic mass is 79.9. The summed E-state index contributed by atoms with van der Waals surface area (Å²) in [5.74, 6) is 0.895. The molecule has 3 nitrogen and oxygen atoms in total. The van der Waals surface area contributed by atoms with E-state index in [-0.39, 0.29) is 5.91 Å². The largest absolute Gasteiger partial charge is 0.335 e. The van der Waals surface area contributed by atoms with Crippen molar-refractivity contribution >= 4 is 21.8 Å². The van der Waals surface area contributed by atoms with Gasteiger partial charge in [-0.2, -0.15) is 0 Å². The topological polar surface area (TPSA) is 33.2 Å². The molecular weight excluding hydrogens is 304 g/mol. The molecule has 1 aromatic rings. The van der Waals surface area contributed by atoms with E-state index in [1.165, 1.54) is 32.1 Å². The van der Waals surface area contributed by atoms with Crippen LogP contribution in [0.4, 0.5) is 0 Å².